The summed E-state index contributed by atoms with van der Waals surface area (Å²) in [6.45, 7) is 9.78. The van der Waals surface area contributed by atoms with Gasteiger partial charge in [-0.3, -0.25) is 4.90 Å². The van der Waals surface area contributed by atoms with Crippen molar-refractivity contribution in [2.24, 2.45) is 17.1 Å². The fourth-order valence-corrected chi connectivity index (χ4v) is 4.09. The van der Waals surface area contributed by atoms with Gasteiger partial charge in [0.2, 0.25) is 0 Å². The van der Waals surface area contributed by atoms with Crippen LogP contribution in [0.1, 0.15) is 72.1 Å². The van der Waals surface area contributed by atoms with E-state index in [0.29, 0.717) is 17.5 Å². The molecule has 1 heterocycles. The predicted octanol–water partition coefficient (Wildman–Crippen LogP) is 3.79. The minimum Gasteiger partial charge on any atom is -0.326 e. The summed E-state index contributed by atoms with van der Waals surface area (Å²) in [6, 6.07) is 1.09. The summed E-state index contributed by atoms with van der Waals surface area (Å²) >= 11 is 0. The fourth-order valence-electron chi connectivity index (χ4n) is 4.09. The predicted molar refractivity (Wildman–Crippen MR) is 83.2 cm³/mol. The molecule has 19 heavy (non-hydrogen) atoms. The average molecular weight is 266 g/mol. The van der Waals surface area contributed by atoms with Gasteiger partial charge in [-0.1, -0.05) is 40.0 Å². The monoisotopic (exact) mass is 266 g/mol. The minimum atomic E-state index is 0.425. The van der Waals surface area contributed by atoms with Crippen molar-refractivity contribution in [2.45, 2.75) is 84.2 Å². The molecular formula is C17H34N2. The molecule has 1 saturated heterocycles. The molecule has 2 N–H and O–H groups in total. The van der Waals surface area contributed by atoms with E-state index in [1.807, 2.05) is 0 Å². The molecule has 0 bridgehead atoms. The van der Waals surface area contributed by atoms with E-state index in [4.69, 9.17) is 5.73 Å². The molecule has 0 aromatic heterocycles. The van der Waals surface area contributed by atoms with Crippen LogP contribution in [-0.2, 0) is 0 Å². The third-order valence-electron chi connectivity index (χ3n) is 5.49. The Kier molecular flexibility index (Phi) is 5.30. The zero-order valence-corrected chi connectivity index (χ0v) is 13.3. The Hall–Kier alpha value is -0.0800. The number of rotatable bonds is 1. The molecule has 2 nitrogen and oxygen atoms in total. The summed E-state index contributed by atoms with van der Waals surface area (Å²) in [5.74, 6) is 0.888. The molecule has 112 valence electrons. The van der Waals surface area contributed by atoms with Crippen molar-refractivity contribution < 1.29 is 0 Å². The van der Waals surface area contributed by atoms with E-state index < -0.39 is 0 Å². The fraction of sp³-hybridized carbons (Fsp3) is 1.00. The van der Waals surface area contributed by atoms with Crippen LogP contribution >= 0.6 is 0 Å². The van der Waals surface area contributed by atoms with E-state index in [9.17, 15) is 0 Å². The molecule has 1 aliphatic heterocycles. The molecule has 1 saturated carbocycles. The van der Waals surface area contributed by atoms with Crippen LogP contribution in [0.5, 0.6) is 0 Å². The normalized spacial score (nSPS) is 35.7. The average Bonchev–Trinajstić information content (AvgIpc) is 2.68. The first kappa shape index (κ1) is 15.3. The second kappa shape index (κ2) is 6.58. The highest BCUT2D eigenvalue weighted by molar-refractivity contribution is 4.87. The summed E-state index contributed by atoms with van der Waals surface area (Å²) < 4.78 is 0. The summed E-state index contributed by atoms with van der Waals surface area (Å²) in [5.41, 5.74) is 6.91. The summed E-state index contributed by atoms with van der Waals surface area (Å²) in [6.07, 6.45) is 10.8. The van der Waals surface area contributed by atoms with Crippen LogP contribution in [-0.4, -0.2) is 30.1 Å². The molecule has 0 aromatic rings. The topological polar surface area (TPSA) is 29.3 Å². The number of nitrogens with zero attached hydrogens (tertiary/aromatic N) is 1. The van der Waals surface area contributed by atoms with Crippen molar-refractivity contribution in [3.8, 4) is 0 Å². The van der Waals surface area contributed by atoms with E-state index in [0.717, 1.165) is 5.92 Å². The highest BCUT2D eigenvalue weighted by Gasteiger charge is 2.31. The first-order valence-corrected chi connectivity index (χ1v) is 8.48. The van der Waals surface area contributed by atoms with Gasteiger partial charge in [-0.15, -0.1) is 0 Å². The van der Waals surface area contributed by atoms with Gasteiger partial charge in [0.15, 0.2) is 0 Å². The molecule has 3 atom stereocenters. The molecule has 2 rings (SSSR count). The van der Waals surface area contributed by atoms with Crippen LogP contribution in [0.4, 0.5) is 0 Å². The maximum Gasteiger partial charge on any atom is 0.0247 e. The van der Waals surface area contributed by atoms with Crippen molar-refractivity contribution in [2.75, 3.05) is 13.1 Å². The van der Waals surface area contributed by atoms with Gasteiger partial charge >= 0.3 is 0 Å². The Labute approximate surface area is 120 Å². The summed E-state index contributed by atoms with van der Waals surface area (Å²) in [4.78, 5) is 2.74. The second-order valence-corrected chi connectivity index (χ2v) is 7.90. The number of hydrogen-bond acceptors (Lipinski definition) is 2. The molecule has 0 aromatic carbocycles. The number of likely N-dealkylation sites (tertiary alicyclic amines) is 1. The SMILES string of the molecule is CC(C)(C)C1CCCN(C2CCCCCC2N)CC1. The van der Waals surface area contributed by atoms with Gasteiger partial charge in [-0.2, -0.15) is 0 Å². The largest absolute Gasteiger partial charge is 0.326 e. The first-order chi connectivity index (χ1) is 8.98. The van der Waals surface area contributed by atoms with Crippen molar-refractivity contribution >= 4 is 0 Å². The molecule has 0 radical (unpaired) electrons. The number of nitrogens with two attached hydrogens (primary N) is 1. The van der Waals surface area contributed by atoms with E-state index in [1.54, 1.807) is 0 Å². The molecule has 0 spiro atoms. The van der Waals surface area contributed by atoms with Gasteiger partial charge in [-0.25, -0.2) is 0 Å². The lowest BCUT2D eigenvalue weighted by molar-refractivity contribution is 0.157. The Balaban J connectivity index is 1.94. The van der Waals surface area contributed by atoms with Gasteiger partial charge in [0.25, 0.3) is 0 Å². The van der Waals surface area contributed by atoms with Crippen LogP contribution in [0.15, 0.2) is 0 Å². The van der Waals surface area contributed by atoms with Crippen LogP contribution < -0.4 is 5.73 Å². The zero-order valence-electron chi connectivity index (χ0n) is 13.3. The first-order valence-electron chi connectivity index (χ1n) is 8.48. The van der Waals surface area contributed by atoms with E-state index in [2.05, 4.69) is 25.7 Å². The smallest absolute Gasteiger partial charge is 0.0247 e. The molecule has 3 unspecified atom stereocenters. The van der Waals surface area contributed by atoms with E-state index in [1.165, 1.54) is 64.5 Å². The van der Waals surface area contributed by atoms with Crippen molar-refractivity contribution in [1.82, 2.24) is 4.90 Å². The quantitative estimate of drug-likeness (QED) is 0.732. The van der Waals surface area contributed by atoms with Crippen molar-refractivity contribution in [1.29, 1.82) is 0 Å². The van der Waals surface area contributed by atoms with Gasteiger partial charge in [-0.05, 0) is 56.5 Å². The van der Waals surface area contributed by atoms with Gasteiger partial charge in [0, 0.05) is 12.1 Å². The lowest BCUT2D eigenvalue weighted by Gasteiger charge is -2.34. The highest BCUT2D eigenvalue weighted by atomic mass is 15.2. The van der Waals surface area contributed by atoms with Gasteiger partial charge < -0.3 is 5.73 Å². The molecular weight excluding hydrogens is 232 g/mol. The molecule has 1 aliphatic carbocycles. The van der Waals surface area contributed by atoms with Crippen LogP contribution in [0, 0.1) is 11.3 Å². The Morgan fingerprint density at radius 1 is 0.842 bits per heavy atom. The summed E-state index contributed by atoms with van der Waals surface area (Å²) in [5, 5.41) is 0. The maximum absolute atomic E-state index is 6.44. The minimum absolute atomic E-state index is 0.425. The highest BCUT2D eigenvalue weighted by Crippen LogP contribution is 2.35. The van der Waals surface area contributed by atoms with Crippen LogP contribution in [0.3, 0.4) is 0 Å². The van der Waals surface area contributed by atoms with Gasteiger partial charge in [0.1, 0.15) is 0 Å². The van der Waals surface area contributed by atoms with Crippen LogP contribution in [0.25, 0.3) is 0 Å². The maximum atomic E-state index is 6.44. The molecule has 0 amide bonds. The van der Waals surface area contributed by atoms with Crippen molar-refractivity contribution in [3.63, 3.8) is 0 Å². The standard InChI is InChI=1S/C17H34N2/c1-17(2,3)14-8-7-12-19(13-11-14)16-10-6-4-5-9-15(16)18/h14-16H,4-13,18H2,1-3H3. The molecule has 2 aliphatic rings. The number of hydrogen-bond donors (Lipinski definition) is 1. The Morgan fingerprint density at radius 2 is 1.58 bits per heavy atom. The Morgan fingerprint density at radius 3 is 2.32 bits per heavy atom. The van der Waals surface area contributed by atoms with E-state index in [-0.39, 0.29) is 0 Å². The lowest BCUT2D eigenvalue weighted by atomic mass is 9.77. The van der Waals surface area contributed by atoms with Crippen molar-refractivity contribution in [3.05, 3.63) is 0 Å². The Bertz CT molecular complexity index is 269. The zero-order chi connectivity index (χ0) is 13.9. The van der Waals surface area contributed by atoms with E-state index >= 15 is 0 Å². The van der Waals surface area contributed by atoms with Crippen LogP contribution in [0.2, 0.25) is 0 Å². The van der Waals surface area contributed by atoms with Gasteiger partial charge in [0.05, 0.1) is 0 Å². The molecule has 2 fully saturated rings. The third kappa shape index (κ3) is 4.19. The molecule has 2 heteroatoms. The second-order valence-electron chi connectivity index (χ2n) is 7.90. The lowest BCUT2D eigenvalue weighted by Crippen LogP contribution is -2.47. The third-order valence-corrected chi connectivity index (χ3v) is 5.49. The summed E-state index contributed by atoms with van der Waals surface area (Å²) in [7, 11) is 0.